The molecule has 302 valence electrons. The predicted molar refractivity (Wildman–Crippen MR) is 214 cm³/mol. The van der Waals surface area contributed by atoms with Gasteiger partial charge in [-0.05, 0) is 72.9 Å². The van der Waals surface area contributed by atoms with E-state index in [9.17, 15) is 26.7 Å². The average Bonchev–Trinajstić information content (AvgIpc) is 3.90. The van der Waals surface area contributed by atoms with Gasteiger partial charge in [0.1, 0.15) is 6.10 Å². The molecule has 9 atom stereocenters. The number of aliphatic hydroxyl groups excluding tert-OH is 1. The minimum Gasteiger partial charge on any atom is -0.462 e. The number of benzene rings is 2. The summed E-state index contributed by atoms with van der Waals surface area (Å²) in [5, 5.41) is 9.92. The first-order valence-corrected chi connectivity index (χ1v) is 28.5. The maximum Gasteiger partial charge on any atom is 0.306 e. The molecule has 6 rings (SSSR count). The van der Waals surface area contributed by atoms with Crippen molar-refractivity contribution in [1.82, 2.24) is 0 Å². The van der Waals surface area contributed by atoms with Crippen LogP contribution >= 0.6 is 0 Å². The van der Waals surface area contributed by atoms with Crippen molar-refractivity contribution in [3.05, 3.63) is 60.7 Å². The number of fused-ring (bicyclic) bond motifs is 2. The van der Waals surface area contributed by atoms with E-state index in [4.69, 9.17) is 18.3 Å². The van der Waals surface area contributed by atoms with Crippen molar-refractivity contribution in [1.29, 1.82) is 0 Å². The Kier molecular flexibility index (Phi) is 14.5. The highest BCUT2D eigenvalue weighted by molar-refractivity contribution is 7.91. The van der Waals surface area contributed by atoms with Crippen LogP contribution in [0.2, 0.25) is 36.3 Å². The van der Waals surface area contributed by atoms with Gasteiger partial charge in [0.05, 0.1) is 46.0 Å². The number of sulfone groups is 2. The zero-order valence-electron chi connectivity index (χ0n) is 32.9. The van der Waals surface area contributed by atoms with Crippen molar-refractivity contribution in [3.8, 4) is 0 Å². The van der Waals surface area contributed by atoms with Crippen LogP contribution in [0.25, 0.3) is 0 Å². The summed E-state index contributed by atoms with van der Waals surface area (Å²) in [6.07, 6.45) is 0.792. The number of hydrogen-bond acceptors (Lipinski definition) is 10. The van der Waals surface area contributed by atoms with Crippen LogP contribution in [0.3, 0.4) is 0 Å². The molecule has 0 aromatic heterocycles. The molecule has 1 unspecified atom stereocenters. The number of carbonyl (C=O) groups is 1. The Labute approximate surface area is 325 Å². The third kappa shape index (κ3) is 9.60. The lowest BCUT2D eigenvalue weighted by Gasteiger charge is -2.35. The number of carbonyl (C=O) groups excluding carboxylic acids is 1. The quantitative estimate of drug-likeness (QED) is 0.135. The second kappa shape index (κ2) is 18.1. The van der Waals surface area contributed by atoms with E-state index in [1.165, 1.54) is 0 Å². The number of aliphatic hydroxyl groups is 1. The van der Waals surface area contributed by atoms with Crippen molar-refractivity contribution in [2.75, 3.05) is 11.5 Å². The fourth-order valence-electron chi connectivity index (χ4n) is 9.39. The Hall–Kier alpha value is -1.92. The van der Waals surface area contributed by atoms with Gasteiger partial charge in [0, 0.05) is 30.6 Å². The Balaban J connectivity index is 0.000000208. The normalized spacial score (nSPS) is 29.7. The van der Waals surface area contributed by atoms with E-state index in [1.807, 2.05) is 12.1 Å². The zero-order valence-corrected chi connectivity index (χ0v) is 36.5. The fraction of sp³-hybridized carbons (Fsp3) is 0.675. The van der Waals surface area contributed by atoms with Crippen molar-refractivity contribution in [2.45, 2.75) is 144 Å². The van der Waals surface area contributed by atoms with E-state index >= 15 is 0 Å². The fourth-order valence-corrected chi connectivity index (χ4v) is 18.7. The summed E-state index contributed by atoms with van der Waals surface area (Å²) in [6.45, 7) is 13.1. The molecule has 14 heteroatoms. The molecule has 0 amide bonds. The third-order valence-electron chi connectivity index (χ3n) is 13.1. The lowest BCUT2D eigenvalue weighted by atomic mass is 9.94. The van der Waals surface area contributed by atoms with E-state index in [1.54, 1.807) is 48.5 Å². The maximum atomic E-state index is 13.0. The van der Waals surface area contributed by atoms with Gasteiger partial charge in [0.25, 0.3) is 0 Å². The summed E-state index contributed by atoms with van der Waals surface area (Å²) in [5.74, 6) is -0.478. The standard InChI is InChI=1S/C20H32O5SSi.C20H30O5SSi/c2*1-4-27(5-2,6-3)25-19-13-18-16(12-20(21)24-18)17(19)14-26(22,23)15-10-8-7-9-11-15/h7-11,16-21H,4-6,12-14H2,1-3H3;7-11,16-19H,4-6,12-14H2,1-3H3/t16-,17-,18+,19-,20?;16-,17-,18+,19-/m11/s1. The van der Waals surface area contributed by atoms with Gasteiger partial charge >= 0.3 is 5.97 Å². The van der Waals surface area contributed by atoms with Gasteiger partial charge in [-0.15, -0.1) is 0 Å². The molecule has 2 saturated heterocycles. The second-order valence-corrected chi connectivity index (χ2v) is 29.2. The SMILES string of the molecule is CC[Si](CC)(CC)O[C@@H]1C[C@@H]2OC(=O)C[C@@H]2[C@H]1CS(=O)(=O)c1ccccc1.CC[Si](CC)(CC)O[C@@H]1C[C@@H]2OC(O)C[C@@H]2[C@H]1CS(=O)(=O)c1ccccc1. The lowest BCUT2D eigenvalue weighted by molar-refractivity contribution is -0.141. The van der Waals surface area contributed by atoms with E-state index in [0.29, 0.717) is 35.5 Å². The van der Waals surface area contributed by atoms with Crippen molar-refractivity contribution >= 4 is 42.3 Å². The van der Waals surface area contributed by atoms with Crippen LogP contribution in [0.1, 0.15) is 67.2 Å². The van der Waals surface area contributed by atoms with E-state index in [0.717, 1.165) is 36.3 Å². The van der Waals surface area contributed by atoms with Gasteiger partial charge < -0.3 is 23.4 Å². The number of ether oxygens (including phenoxy) is 2. The first-order valence-electron chi connectivity index (χ1n) is 20.1. The van der Waals surface area contributed by atoms with Gasteiger partial charge in [-0.3, -0.25) is 4.79 Å². The van der Waals surface area contributed by atoms with Crippen LogP contribution in [0, 0.1) is 23.7 Å². The highest BCUT2D eigenvalue weighted by atomic mass is 32.2. The van der Waals surface area contributed by atoms with Gasteiger partial charge in [-0.2, -0.15) is 0 Å². The lowest BCUT2D eigenvalue weighted by Crippen LogP contribution is -2.43. The van der Waals surface area contributed by atoms with Gasteiger partial charge in [0.15, 0.2) is 42.6 Å². The second-order valence-electron chi connectivity index (χ2n) is 15.7. The summed E-state index contributed by atoms with van der Waals surface area (Å²) in [4.78, 5) is 12.5. The molecule has 4 aliphatic rings. The largest absolute Gasteiger partial charge is 0.462 e. The summed E-state index contributed by atoms with van der Waals surface area (Å²) in [6, 6.07) is 23.4. The third-order valence-corrected chi connectivity index (χ3v) is 26.1. The first-order chi connectivity index (χ1) is 25.7. The molecule has 4 fully saturated rings. The summed E-state index contributed by atoms with van der Waals surface area (Å²) < 4.78 is 76.7. The van der Waals surface area contributed by atoms with Crippen LogP contribution in [0.4, 0.5) is 0 Å². The van der Waals surface area contributed by atoms with Crippen molar-refractivity contribution in [3.63, 3.8) is 0 Å². The highest BCUT2D eigenvalue weighted by Gasteiger charge is 2.54. The summed E-state index contributed by atoms with van der Waals surface area (Å²) in [5.41, 5.74) is 0. The Bertz CT molecular complexity index is 1720. The van der Waals surface area contributed by atoms with Crippen LogP contribution < -0.4 is 0 Å². The molecule has 2 aromatic rings. The maximum absolute atomic E-state index is 13.0. The average molecular weight is 823 g/mol. The molecular weight excluding hydrogens is 761 g/mol. The molecule has 2 heterocycles. The molecule has 2 aliphatic heterocycles. The molecule has 0 radical (unpaired) electrons. The Morgan fingerprint density at radius 1 is 0.630 bits per heavy atom. The van der Waals surface area contributed by atoms with Gasteiger partial charge in [-0.1, -0.05) is 77.9 Å². The summed E-state index contributed by atoms with van der Waals surface area (Å²) >= 11 is 0. The smallest absolute Gasteiger partial charge is 0.306 e. The van der Waals surface area contributed by atoms with E-state index in [-0.39, 0.29) is 65.6 Å². The zero-order chi connectivity index (χ0) is 39.3. The number of rotatable bonds is 16. The predicted octanol–water partition coefficient (Wildman–Crippen LogP) is 7.40. The number of esters is 1. The van der Waals surface area contributed by atoms with Crippen LogP contribution in [-0.4, -0.2) is 86.8 Å². The van der Waals surface area contributed by atoms with Gasteiger partial charge in [0.2, 0.25) is 0 Å². The van der Waals surface area contributed by atoms with Crippen molar-refractivity contribution in [2.24, 2.45) is 23.7 Å². The Morgan fingerprint density at radius 3 is 1.46 bits per heavy atom. The summed E-state index contributed by atoms with van der Waals surface area (Å²) in [7, 11) is -10.6. The number of hydrogen-bond donors (Lipinski definition) is 1. The molecule has 2 aromatic carbocycles. The molecule has 2 saturated carbocycles. The minimum absolute atomic E-state index is 0.0150. The molecule has 0 spiro atoms. The topological polar surface area (TPSA) is 142 Å². The monoisotopic (exact) mass is 822 g/mol. The van der Waals surface area contributed by atoms with E-state index < -0.39 is 42.6 Å². The molecule has 54 heavy (non-hydrogen) atoms. The van der Waals surface area contributed by atoms with Gasteiger partial charge in [-0.25, -0.2) is 16.8 Å². The van der Waals surface area contributed by atoms with Crippen LogP contribution in [0.15, 0.2) is 70.5 Å². The Morgan fingerprint density at radius 2 is 1.04 bits per heavy atom. The highest BCUT2D eigenvalue weighted by Crippen LogP contribution is 2.47. The molecule has 10 nitrogen and oxygen atoms in total. The van der Waals surface area contributed by atoms with E-state index in [2.05, 4.69) is 41.5 Å². The molecule has 0 bridgehead atoms. The minimum atomic E-state index is -3.44. The molecule has 2 aliphatic carbocycles. The molecule has 1 N–H and O–H groups in total. The van der Waals surface area contributed by atoms with Crippen LogP contribution in [0.5, 0.6) is 0 Å². The first kappa shape index (κ1) is 43.2. The molecular formula is C40H62O10S2Si2. The van der Waals surface area contributed by atoms with Crippen molar-refractivity contribution < 1.29 is 45.1 Å². The van der Waals surface area contributed by atoms with Crippen LogP contribution in [-0.2, 0) is 42.8 Å².